The van der Waals surface area contributed by atoms with E-state index >= 15 is 0 Å². The van der Waals surface area contributed by atoms with Gasteiger partial charge >= 0.3 is 5.97 Å². The molecule has 228 valence electrons. The molecule has 0 bridgehead atoms. The van der Waals surface area contributed by atoms with Gasteiger partial charge in [-0.05, 0) is 75.2 Å². The number of hydrogen-bond acceptors (Lipinski definition) is 8. The summed E-state index contributed by atoms with van der Waals surface area (Å²) in [6, 6.07) is 18.1. The molecule has 2 heterocycles. The second kappa shape index (κ2) is 13.3. The van der Waals surface area contributed by atoms with Crippen LogP contribution >= 0.6 is 11.3 Å². The van der Waals surface area contributed by atoms with Gasteiger partial charge < -0.3 is 18.9 Å². The fourth-order valence-corrected chi connectivity index (χ4v) is 6.03. The highest BCUT2D eigenvalue weighted by Gasteiger charge is 2.35. The number of esters is 1. The molecule has 3 aromatic carbocycles. The van der Waals surface area contributed by atoms with Crippen LogP contribution in [0.1, 0.15) is 50.4 Å². The molecule has 1 aliphatic heterocycles. The average Bonchev–Trinajstić information content (AvgIpc) is 3.29. The van der Waals surface area contributed by atoms with Gasteiger partial charge in [0.15, 0.2) is 16.3 Å². The van der Waals surface area contributed by atoms with E-state index in [9.17, 15) is 14.0 Å². The van der Waals surface area contributed by atoms with Crippen molar-refractivity contribution >= 4 is 23.4 Å². The van der Waals surface area contributed by atoms with Crippen molar-refractivity contribution in [3.63, 3.8) is 0 Å². The standard InChI is InChI=1S/C34H33FN2O6S/c1-6-41-33(39)30-21(4)36-34-37(31(30)25-12-7-8-13-26(25)43-20(2)3)32(38)29(44-34)18-22-14-15-27(28(17-22)40-5)42-19-23-10-9-11-24(35)16-23/h7-18,20,31H,6,19H2,1-5H3/b29-18+/t31-/m1/s1. The first kappa shape index (κ1) is 30.7. The molecule has 1 aromatic heterocycles. The lowest BCUT2D eigenvalue weighted by atomic mass is 9.95. The van der Waals surface area contributed by atoms with E-state index in [1.807, 2.05) is 38.1 Å². The summed E-state index contributed by atoms with van der Waals surface area (Å²) >= 11 is 1.23. The van der Waals surface area contributed by atoms with Gasteiger partial charge in [0.1, 0.15) is 24.2 Å². The lowest BCUT2D eigenvalue weighted by molar-refractivity contribution is -0.139. The van der Waals surface area contributed by atoms with Crippen molar-refractivity contribution in [2.75, 3.05) is 13.7 Å². The molecule has 0 fully saturated rings. The molecule has 0 saturated carbocycles. The van der Waals surface area contributed by atoms with Crippen molar-refractivity contribution in [1.29, 1.82) is 0 Å². The number of fused-ring (bicyclic) bond motifs is 1. The van der Waals surface area contributed by atoms with E-state index in [0.29, 0.717) is 49.0 Å². The number of allylic oxidation sites excluding steroid dienone is 1. The molecule has 0 saturated heterocycles. The van der Waals surface area contributed by atoms with E-state index in [0.717, 1.165) is 0 Å². The van der Waals surface area contributed by atoms with E-state index in [-0.39, 0.29) is 36.3 Å². The highest BCUT2D eigenvalue weighted by Crippen LogP contribution is 2.36. The molecule has 0 aliphatic carbocycles. The molecule has 0 amide bonds. The van der Waals surface area contributed by atoms with Crippen LogP contribution < -0.4 is 29.1 Å². The first-order valence-corrected chi connectivity index (χ1v) is 15.0. The fraction of sp³-hybridized carbons (Fsp3) is 0.265. The van der Waals surface area contributed by atoms with Gasteiger partial charge in [-0.2, -0.15) is 0 Å². The SMILES string of the molecule is CCOC(=O)C1=C(C)N=c2s/c(=C/c3ccc(OCc4cccc(F)c4)c(OC)c3)c(=O)n2[C@@H]1c1ccccc1OC(C)C. The van der Waals surface area contributed by atoms with E-state index in [2.05, 4.69) is 4.99 Å². The van der Waals surface area contributed by atoms with Gasteiger partial charge in [-0.25, -0.2) is 14.2 Å². The summed E-state index contributed by atoms with van der Waals surface area (Å²) in [6.07, 6.45) is 1.62. The number of halogens is 1. The number of rotatable bonds is 10. The highest BCUT2D eigenvalue weighted by molar-refractivity contribution is 7.07. The van der Waals surface area contributed by atoms with Crippen LogP contribution in [0.2, 0.25) is 0 Å². The Morgan fingerprint density at radius 3 is 2.59 bits per heavy atom. The number of aromatic nitrogens is 1. The smallest absolute Gasteiger partial charge is 0.338 e. The van der Waals surface area contributed by atoms with Gasteiger partial charge in [-0.3, -0.25) is 9.36 Å². The summed E-state index contributed by atoms with van der Waals surface area (Å²) in [5.41, 5.74) is 2.50. The molecule has 8 nitrogen and oxygen atoms in total. The second-order valence-electron chi connectivity index (χ2n) is 10.3. The Kier molecular flexibility index (Phi) is 9.29. The van der Waals surface area contributed by atoms with E-state index < -0.39 is 12.0 Å². The summed E-state index contributed by atoms with van der Waals surface area (Å²) in [5.74, 6) is 0.633. The van der Waals surface area contributed by atoms with Crippen molar-refractivity contribution in [3.05, 3.63) is 120 Å². The average molecular weight is 617 g/mol. The highest BCUT2D eigenvalue weighted by atomic mass is 32.1. The summed E-state index contributed by atoms with van der Waals surface area (Å²) in [6.45, 7) is 7.66. The van der Waals surface area contributed by atoms with Crippen LogP contribution in [0, 0.1) is 5.82 Å². The van der Waals surface area contributed by atoms with Crippen LogP contribution in [0.15, 0.2) is 87.8 Å². The van der Waals surface area contributed by atoms with E-state index in [1.165, 1.54) is 35.1 Å². The zero-order valence-electron chi connectivity index (χ0n) is 25.1. The quantitative estimate of drug-likeness (QED) is 0.225. The third-order valence-corrected chi connectivity index (χ3v) is 7.85. The molecular weight excluding hydrogens is 583 g/mol. The summed E-state index contributed by atoms with van der Waals surface area (Å²) in [7, 11) is 1.53. The van der Waals surface area contributed by atoms with Gasteiger partial charge in [0.05, 0.1) is 35.6 Å². The number of thiazole rings is 1. The molecule has 5 rings (SSSR count). The van der Waals surface area contributed by atoms with Crippen molar-refractivity contribution in [2.24, 2.45) is 4.99 Å². The van der Waals surface area contributed by atoms with Crippen molar-refractivity contribution in [3.8, 4) is 17.2 Å². The molecule has 1 aliphatic rings. The molecule has 1 atom stereocenters. The minimum absolute atomic E-state index is 0.126. The van der Waals surface area contributed by atoms with Crippen LogP contribution in [0.5, 0.6) is 17.2 Å². The number of para-hydroxylation sites is 1. The Morgan fingerprint density at radius 1 is 1.07 bits per heavy atom. The van der Waals surface area contributed by atoms with Crippen LogP contribution in [0.3, 0.4) is 0 Å². The lowest BCUT2D eigenvalue weighted by Crippen LogP contribution is -2.40. The van der Waals surface area contributed by atoms with Crippen LogP contribution in [-0.2, 0) is 16.1 Å². The maximum Gasteiger partial charge on any atom is 0.338 e. The maximum atomic E-state index is 14.1. The number of nitrogens with zero attached hydrogens (tertiary/aromatic N) is 2. The summed E-state index contributed by atoms with van der Waals surface area (Å²) < 4.78 is 38.5. The Balaban J connectivity index is 1.57. The minimum Gasteiger partial charge on any atom is -0.493 e. The Morgan fingerprint density at radius 2 is 1.86 bits per heavy atom. The van der Waals surface area contributed by atoms with Crippen LogP contribution in [-0.4, -0.2) is 30.4 Å². The third-order valence-electron chi connectivity index (χ3n) is 6.86. The van der Waals surface area contributed by atoms with Gasteiger partial charge in [-0.15, -0.1) is 0 Å². The monoisotopic (exact) mass is 616 g/mol. The number of carbonyl (C=O) groups excluding carboxylic acids is 1. The Labute approximate surface area is 258 Å². The molecule has 0 N–H and O–H groups in total. The number of methoxy groups -OCH3 is 1. The minimum atomic E-state index is -0.796. The Hall–Kier alpha value is -4.70. The Bertz CT molecular complexity index is 1910. The van der Waals surface area contributed by atoms with Gasteiger partial charge in [0.2, 0.25) is 0 Å². The first-order valence-electron chi connectivity index (χ1n) is 14.2. The zero-order chi connectivity index (χ0) is 31.4. The molecule has 0 unspecified atom stereocenters. The van der Waals surface area contributed by atoms with E-state index in [1.54, 1.807) is 50.3 Å². The molecule has 0 spiro atoms. The van der Waals surface area contributed by atoms with E-state index in [4.69, 9.17) is 18.9 Å². The number of benzene rings is 3. The van der Waals surface area contributed by atoms with Crippen molar-refractivity contribution in [2.45, 2.75) is 46.4 Å². The largest absolute Gasteiger partial charge is 0.493 e. The van der Waals surface area contributed by atoms with Gasteiger partial charge in [0, 0.05) is 5.56 Å². The molecule has 0 radical (unpaired) electrons. The van der Waals surface area contributed by atoms with Crippen molar-refractivity contribution in [1.82, 2.24) is 4.57 Å². The van der Waals surface area contributed by atoms with Crippen molar-refractivity contribution < 1.29 is 28.1 Å². The number of ether oxygens (including phenoxy) is 4. The normalized spacial score (nSPS) is 14.7. The third kappa shape index (κ3) is 6.45. The maximum absolute atomic E-state index is 14.1. The number of hydrogen-bond donors (Lipinski definition) is 0. The van der Waals surface area contributed by atoms with Gasteiger partial charge in [0.25, 0.3) is 5.56 Å². The van der Waals surface area contributed by atoms with Gasteiger partial charge in [-0.1, -0.05) is 47.7 Å². The predicted octanol–water partition coefficient (Wildman–Crippen LogP) is 5.31. The summed E-state index contributed by atoms with van der Waals surface area (Å²) in [4.78, 5) is 32.4. The molecule has 4 aromatic rings. The zero-order valence-corrected chi connectivity index (χ0v) is 25.9. The molecule has 44 heavy (non-hydrogen) atoms. The van der Waals surface area contributed by atoms with Crippen LogP contribution in [0.4, 0.5) is 4.39 Å². The topological polar surface area (TPSA) is 88.4 Å². The molecule has 10 heteroatoms. The second-order valence-corrected chi connectivity index (χ2v) is 11.3. The number of carbonyl (C=O) groups is 1. The van der Waals surface area contributed by atoms with Crippen LogP contribution in [0.25, 0.3) is 6.08 Å². The summed E-state index contributed by atoms with van der Waals surface area (Å²) in [5, 5.41) is 0. The lowest BCUT2D eigenvalue weighted by Gasteiger charge is -2.26. The molecular formula is C34H33FN2O6S. The fourth-order valence-electron chi connectivity index (χ4n) is 4.99. The predicted molar refractivity (Wildman–Crippen MR) is 166 cm³/mol. The first-order chi connectivity index (χ1) is 21.2.